The number of nitrogens with zero attached hydrogens (tertiary/aromatic N) is 2. The number of amides is 1. The summed E-state index contributed by atoms with van der Waals surface area (Å²) in [6, 6.07) is 0. The maximum absolute atomic E-state index is 13.0. The summed E-state index contributed by atoms with van der Waals surface area (Å²) in [6.45, 7) is 4.49. The highest BCUT2D eigenvalue weighted by Crippen LogP contribution is 2.35. The largest absolute Gasteiger partial charge is 0.468 e. The summed E-state index contributed by atoms with van der Waals surface area (Å²) in [5.74, 6) is -0.888. The lowest BCUT2D eigenvalue weighted by atomic mass is 10.1. The lowest BCUT2D eigenvalue weighted by Gasteiger charge is -2.17. The van der Waals surface area contributed by atoms with Crippen molar-refractivity contribution in [2.45, 2.75) is 39.1 Å². The Morgan fingerprint density at radius 3 is 2.54 bits per heavy atom. The van der Waals surface area contributed by atoms with Gasteiger partial charge >= 0.3 is 6.18 Å². The number of halogens is 3. The molecule has 0 saturated heterocycles. The van der Waals surface area contributed by atoms with E-state index in [1.54, 1.807) is 19.2 Å². The third-order valence-electron chi connectivity index (χ3n) is 3.32. The van der Waals surface area contributed by atoms with E-state index in [1.165, 1.54) is 25.3 Å². The summed E-state index contributed by atoms with van der Waals surface area (Å²) in [6.07, 6.45) is -4.12. The summed E-state index contributed by atoms with van der Waals surface area (Å²) in [5.41, 5.74) is -2.21. The van der Waals surface area contributed by atoms with E-state index in [4.69, 9.17) is 4.42 Å². The number of hydrogen-bond acceptors (Lipinski definition) is 5. The summed E-state index contributed by atoms with van der Waals surface area (Å²) < 4.78 is 43.7. The number of aliphatic hydroxyl groups is 1. The molecule has 0 aromatic carbocycles. The normalized spacial score (nSPS) is 12.5. The van der Waals surface area contributed by atoms with Crippen LogP contribution in [0, 0.1) is 6.92 Å². The fourth-order valence-corrected chi connectivity index (χ4v) is 2.93. The van der Waals surface area contributed by atoms with Crippen LogP contribution in [0.1, 0.15) is 46.2 Å². The summed E-state index contributed by atoms with van der Waals surface area (Å²) in [5, 5.41) is 12.0. The third-order valence-corrected chi connectivity index (χ3v) is 4.52. The predicted octanol–water partition coefficient (Wildman–Crippen LogP) is 3.56. The first-order valence-electron chi connectivity index (χ1n) is 6.99. The zero-order valence-corrected chi connectivity index (χ0v) is 14.4. The van der Waals surface area contributed by atoms with Crippen LogP contribution in [0.15, 0.2) is 16.1 Å². The van der Waals surface area contributed by atoms with Crippen LogP contribution in [0.2, 0.25) is 0 Å². The molecular formula is C15H17F3N2O3S. The summed E-state index contributed by atoms with van der Waals surface area (Å²) in [4.78, 5) is 17.7. The van der Waals surface area contributed by atoms with Gasteiger partial charge in [0.25, 0.3) is 5.91 Å². The van der Waals surface area contributed by atoms with Gasteiger partial charge in [-0.3, -0.25) is 4.79 Å². The van der Waals surface area contributed by atoms with Crippen molar-refractivity contribution in [3.8, 4) is 0 Å². The Bertz CT molecular complexity index is 744. The smallest absolute Gasteiger partial charge is 0.420 e. The molecule has 132 valence electrons. The minimum absolute atomic E-state index is 0.0212. The fraction of sp³-hybridized carbons (Fsp3) is 0.467. The molecule has 0 unspecified atom stereocenters. The Labute approximate surface area is 140 Å². The molecule has 0 bridgehead atoms. The molecule has 2 heterocycles. The van der Waals surface area contributed by atoms with Gasteiger partial charge < -0.3 is 14.4 Å². The number of carbonyl (C=O) groups excluding carboxylic acids is 1. The van der Waals surface area contributed by atoms with Gasteiger partial charge in [0.2, 0.25) is 0 Å². The van der Waals surface area contributed by atoms with Gasteiger partial charge in [-0.05, 0) is 20.8 Å². The lowest BCUT2D eigenvalue weighted by Crippen LogP contribution is -2.28. The summed E-state index contributed by atoms with van der Waals surface area (Å²) >= 11 is 1.22. The monoisotopic (exact) mass is 362 g/mol. The molecule has 0 aliphatic rings. The predicted molar refractivity (Wildman–Crippen MR) is 81.6 cm³/mol. The third kappa shape index (κ3) is 3.78. The topological polar surface area (TPSA) is 66.6 Å². The van der Waals surface area contributed by atoms with E-state index in [2.05, 4.69) is 4.98 Å². The van der Waals surface area contributed by atoms with Crippen LogP contribution in [-0.2, 0) is 18.3 Å². The Morgan fingerprint density at radius 1 is 1.42 bits per heavy atom. The van der Waals surface area contributed by atoms with Gasteiger partial charge in [0, 0.05) is 12.4 Å². The highest BCUT2D eigenvalue weighted by Gasteiger charge is 2.39. The Hall–Kier alpha value is -1.87. The first kappa shape index (κ1) is 18.5. The Kier molecular flexibility index (Phi) is 4.78. The van der Waals surface area contributed by atoms with E-state index in [9.17, 15) is 23.1 Å². The molecule has 24 heavy (non-hydrogen) atoms. The van der Waals surface area contributed by atoms with E-state index in [0.29, 0.717) is 17.0 Å². The molecule has 0 spiro atoms. The maximum atomic E-state index is 13.0. The van der Waals surface area contributed by atoms with Gasteiger partial charge in [0.05, 0.1) is 17.8 Å². The Morgan fingerprint density at radius 2 is 2.04 bits per heavy atom. The van der Waals surface area contributed by atoms with Gasteiger partial charge in [-0.15, -0.1) is 11.3 Å². The summed E-state index contributed by atoms with van der Waals surface area (Å²) in [7, 11) is 1.39. The van der Waals surface area contributed by atoms with E-state index < -0.39 is 28.8 Å². The molecule has 0 aliphatic carbocycles. The van der Waals surface area contributed by atoms with Gasteiger partial charge in [0.1, 0.15) is 28.2 Å². The second-order valence-corrected chi connectivity index (χ2v) is 6.80. The number of aryl methyl sites for hydroxylation is 1. The van der Waals surface area contributed by atoms with E-state index in [0.717, 1.165) is 4.90 Å². The van der Waals surface area contributed by atoms with Crippen LogP contribution in [0.4, 0.5) is 13.2 Å². The van der Waals surface area contributed by atoms with Crippen molar-refractivity contribution in [2.75, 3.05) is 7.05 Å². The molecule has 1 amide bonds. The maximum Gasteiger partial charge on any atom is 0.420 e. The van der Waals surface area contributed by atoms with Gasteiger partial charge in [-0.1, -0.05) is 0 Å². The van der Waals surface area contributed by atoms with Crippen LogP contribution in [0.3, 0.4) is 0 Å². The van der Waals surface area contributed by atoms with Crippen molar-refractivity contribution in [3.05, 3.63) is 39.2 Å². The molecular weight excluding hydrogens is 345 g/mol. The number of furan rings is 1. The molecule has 0 saturated carbocycles. The first-order chi connectivity index (χ1) is 10.9. The molecule has 5 nitrogen and oxygen atoms in total. The first-order valence-corrected chi connectivity index (χ1v) is 7.87. The number of aromatic nitrogens is 1. The highest BCUT2D eigenvalue weighted by atomic mass is 32.1. The number of hydrogen-bond donors (Lipinski definition) is 1. The lowest BCUT2D eigenvalue weighted by molar-refractivity contribution is -0.138. The van der Waals surface area contributed by atoms with Crippen molar-refractivity contribution in [3.63, 3.8) is 0 Å². The van der Waals surface area contributed by atoms with Crippen molar-refractivity contribution in [1.29, 1.82) is 0 Å². The number of alkyl halides is 3. The van der Waals surface area contributed by atoms with Crippen molar-refractivity contribution >= 4 is 17.2 Å². The molecule has 2 aromatic rings. The second kappa shape index (κ2) is 6.21. The molecule has 0 fully saturated rings. The zero-order chi connectivity index (χ0) is 18.3. The van der Waals surface area contributed by atoms with Crippen LogP contribution in [0.25, 0.3) is 0 Å². The highest BCUT2D eigenvalue weighted by molar-refractivity contribution is 7.09. The molecule has 2 rings (SSSR count). The zero-order valence-electron chi connectivity index (χ0n) is 13.6. The van der Waals surface area contributed by atoms with E-state index in [1.807, 2.05) is 0 Å². The van der Waals surface area contributed by atoms with Gasteiger partial charge in [0.15, 0.2) is 0 Å². The van der Waals surface area contributed by atoms with Crippen LogP contribution >= 0.6 is 11.3 Å². The van der Waals surface area contributed by atoms with E-state index >= 15 is 0 Å². The van der Waals surface area contributed by atoms with Crippen molar-refractivity contribution in [1.82, 2.24) is 9.88 Å². The Balaban J connectivity index is 2.22. The molecule has 0 aliphatic heterocycles. The van der Waals surface area contributed by atoms with Gasteiger partial charge in [-0.25, -0.2) is 4.98 Å². The van der Waals surface area contributed by atoms with Crippen LogP contribution in [0.5, 0.6) is 0 Å². The second-order valence-electron chi connectivity index (χ2n) is 5.94. The molecule has 0 atom stereocenters. The minimum Gasteiger partial charge on any atom is -0.468 e. The number of thiazole rings is 1. The molecule has 2 aromatic heterocycles. The average molecular weight is 362 g/mol. The van der Waals surface area contributed by atoms with Crippen molar-refractivity contribution < 1.29 is 27.5 Å². The number of rotatable bonds is 4. The SMILES string of the molecule is Cc1occ(C(F)(F)F)c1C(=O)N(C)Cc1csc(C(C)(C)O)n1. The van der Waals surface area contributed by atoms with Crippen LogP contribution in [-0.4, -0.2) is 27.9 Å². The van der Waals surface area contributed by atoms with Crippen LogP contribution < -0.4 is 0 Å². The molecule has 0 radical (unpaired) electrons. The molecule has 1 N–H and O–H groups in total. The van der Waals surface area contributed by atoms with Gasteiger partial charge in [-0.2, -0.15) is 13.2 Å². The quantitative estimate of drug-likeness (QED) is 0.903. The number of carbonyl (C=O) groups is 1. The fourth-order valence-electron chi connectivity index (χ4n) is 2.10. The minimum atomic E-state index is -4.67. The average Bonchev–Trinajstić information content (AvgIpc) is 3.03. The molecule has 9 heteroatoms. The van der Waals surface area contributed by atoms with Crippen molar-refractivity contribution in [2.24, 2.45) is 0 Å². The van der Waals surface area contributed by atoms with E-state index in [-0.39, 0.29) is 12.3 Å². The standard InChI is InChI=1S/C15H17F3N2O3S/c1-8-11(10(6-23-8)15(16,17)18)12(21)20(4)5-9-7-24-13(19-9)14(2,3)22/h6-7,22H,5H2,1-4H3.